The number of sulfonamides is 1. The van der Waals surface area contributed by atoms with Crippen LogP contribution >= 0.6 is 0 Å². The summed E-state index contributed by atoms with van der Waals surface area (Å²) in [5.41, 5.74) is 3.54. The van der Waals surface area contributed by atoms with Gasteiger partial charge in [0.1, 0.15) is 11.6 Å². The predicted molar refractivity (Wildman–Crippen MR) is 121 cm³/mol. The Labute approximate surface area is 187 Å². The summed E-state index contributed by atoms with van der Waals surface area (Å²) in [6, 6.07) is 8.39. The number of anilines is 1. The average molecular weight is 459 g/mol. The van der Waals surface area contributed by atoms with Gasteiger partial charge in [-0.15, -0.1) is 0 Å². The van der Waals surface area contributed by atoms with Crippen molar-refractivity contribution in [1.29, 1.82) is 0 Å². The molecule has 0 saturated carbocycles. The van der Waals surface area contributed by atoms with Crippen molar-refractivity contribution in [1.82, 2.24) is 24.1 Å². The molecule has 0 atom stereocenters. The number of rotatable bonds is 7. The van der Waals surface area contributed by atoms with Gasteiger partial charge in [0.05, 0.1) is 18.5 Å². The second kappa shape index (κ2) is 9.05. The van der Waals surface area contributed by atoms with Crippen molar-refractivity contribution in [2.75, 3.05) is 25.2 Å². The number of aryl methyl sites for hydroxylation is 2. The lowest BCUT2D eigenvalue weighted by molar-refractivity contribution is -0.116. The van der Waals surface area contributed by atoms with E-state index < -0.39 is 15.9 Å². The van der Waals surface area contributed by atoms with E-state index in [9.17, 15) is 13.2 Å². The maximum absolute atomic E-state index is 12.0. The SMILES string of the molecule is Cc1nc(Oc2ccc(NC(=O)CN(C)S(C)(=O)=O)cc2)cc(-n2nc(C)c(C)c2C)n1. The Morgan fingerprint density at radius 2 is 1.78 bits per heavy atom. The third-order valence-corrected chi connectivity index (χ3v) is 6.23. The fraction of sp³-hybridized carbons (Fsp3) is 0.333. The molecule has 3 rings (SSSR count). The summed E-state index contributed by atoms with van der Waals surface area (Å²) in [4.78, 5) is 20.8. The molecule has 1 amide bonds. The topological polar surface area (TPSA) is 119 Å². The molecule has 1 aromatic carbocycles. The fourth-order valence-corrected chi connectivity index (χ4v) is 3.23. The Kier molecular flexibility index (Phi) is 6.60. The number of amides is 1. The van der Waals surface area contributed by atoms with Crippen LogP contribution in [0.2, 0.25) is 0 Å². The van der Waals surface area contributed by atoms with Gasteiger partial charge in [-0.3, -0.25) is 4.79 Å². The van der Waals surface area contributed by atoms with E-state index in [4.69, 9.17) is 4.74 Å². The van der Waals surface area contributed by atoms with E-state index in [2.05, 4.69) is 20.4 Å². The van der Waals surface area contributed by atoms with E-state index in [0.29, 0.717) is 29.0 Å². The second-order valence-electron chi connectivity index (χ2n) is 7.51. The minimum Gasteiger partial charge on any atom is -0.439 e. The van der Waals surface area contributed by atoms with E-state index in [-0.39, 0.29) is 6.54 Å². The Bertz CT molecular complexity index is 1250. The molecule has 0 bridgehead atoms. The number of nitrogens with zero attached hydrogens (tertiary/aromatic N) is 5. The van der Waals surface area contributed by atoms with Gasteiger partial charge in [-0.1, -0.05) is 0 Å². The molecule has 0 aliphatic carbocycles. The van der Waals surface area contributed by atoms with Gasteiger partial charge in [0, 0.05) is 24.5 Å². The number of nitrogens with one attached hydrogen (secondary N) is 1. The lowest BCUT2D eigenvalue weighted by Crippen LogP contribution is -2.34. The minimum atomic E-state index is -3.43. The van der Waals surface area contributed by atoms with Gasteiger partial charge in [-0.05, 0) is 57.5 Å². The molecule has 11 heteroatoms. The van der Waals surface area contributed by atoms with Gasteiger partial charge in [0.25, 0.3) is 0 Å². The van der Waals surface area contributed by atoms with Crippen LogP contribution in [0.5, 0.6) is 11.6 Å². The van der Waals surface area contributed by atoms with E-state index in [1.54, 1.807) is 41.9 Å². The zero-order chi connectivity index (χ0) is 23.6. The van der Waals surface area contributed by atoms with Gasteiger partial charge in [0.2, 0.25) is 21.8 Å². The summed E-state index contributed by atoms with van der Waals surface area (Å²) in [5, 5.41) is 7.19. The Morgan fingerprint density at radius 3 is 2.34 bits per heavy atom. The third kappa shape index (κ3) is 5.48. The molecule has 0 radical (unpaired) electrons. The number of carbonyl (C=O) groups is 1. The first-order valence-corrected chi connectivity index (χ1v) is 11.7. The first kappa shape index (κ1) is 23.4. The number of likely N-dealkylation sites (N-methyl/N-ethyl adjacent to an activating group) is 1. The van der Waals surface area contributed by atoms with E-state index in [0.717, 1.165) is 27.5 Å². The first-order valence-electron chi connectivity index (χ1n) is 9.82. The van der Waals surface area contributed by atoms with Crippen molar-refractivity contribution in [2.45, 2.75) is 27.7 Å². The number of benzene rings is 1. The van der Waals surface area contributed by atoms with Gasteiger partial charge in [0.15, 0.2) is 5.82 Å². The van der Waals surface area contributed by atoms with Crippen LogP contribution < -0.4 is 10.1 Å². The van der Waals surface area contributed by atoms with Crippen molar-refractivity contribution < 1.29 is 17.9 Å². The molecule has 0 spiro atoms. The van der Waals surface area contributed by atoms with Crippen LogP contribution in [-0.2, 0) is 14.8 Å². The Morgan fingerprint density at radius 1 is 1.12 bits per heavy atom. The number of aromatic nitrogens is 4. The zero-order valence-electron chi connectivity index (χ0n) is 18.9. The molecule has 0 aliphatic heterocycles. The molecule has 32 heavy (non-hydrogen) atoms. The standard InChI is InChI=1S/C21H26N6O4S/c1-13-14(2)25-27(15(13)3)19-11-21(23-16(4)22-19)31-18-9-7-17(8-10-18)24-20(28)12-26(5)32(6,29)30/h7-11H,12H2,1-6H3,(H,24,28). The van der Waals surface area contributed by atoms with Crippen molar-refractivity contribution in [2.24, 2.45) is 0 Å². The smallest absolute Gasteiger partial charge is 0.239 e. The summed E-state index contributed by atoms with van der Waals surface area (Å²) in [7, 11) is -2.08. The van der Waals surface area contributed by atoms with Crippen LogP contribution in [0.1, 0.15) is 22.8 Å². The highest BCUT2D eigenvalue weighted by molar-refractivity contribution is 7.88. The quantitative estimate of drug-likeness (QED) is 0.578. The van der Waals surface area contributed by atoms with Gasteiger partial charge >= 0.3 is 0 Å². The highest BCUT2D eigenvalue weighted by atomic mass is 32.2. The van der Waals surface area contributed by atoms with Crippen molar-refractivity contribution in [3.8, 4) is 17.4 Å². The highest BCUT2D eigenvalue weighted by Gasteiger charge is 2.16. The summed E-state index contributed by atoms with van der Waals surface area (Å²) < 4.78 is 31.5. The molecule has 10 nitrogen and oxygen atoms in total. The molecule has 1 N–H and O–H groups in total. The van der Waals surface area contributed by atoms with Crippen LogP contribution in [0.4, 0.5) is 5.69 Å². The van der Waals surface area contributed by atoms with Gasteiger partial charge in [-0.25, -0.2) is 18.1 Å². The molecule has 0 aliphatic rings. The van der Waals surface area contributed by atoms with Crippen LogP contribution in [0.25, 0.3) is 5.82 Å². The predicted octanol–water partition coefficient (Wildman–Crippen LogP) is 2.52. The first-order chi connectivity index (χ1) is 14.9. The summed E-state index contributed by atoms with van der Waals surface area (Å²) in [5.74, 6) is 1.60. The van der Waals surface area contributed by atoms with Crippen molar-refractivity contribution in [3.63, 3.8) is 0 Å². The number of ether oxygens (including phenoxy) is 1. The third-order valence-electron chi connectivity index (χ3n) is 4.96. The van der Waals surface area contributed by atoms with Crippen LogP contribution in [-0.4, -0.2) is 58.2 Å². The molecule has 170 valence electrons. The van der Waals surface area contributed by atoms with Crippen molar-refractivity contribution in [3.05, 3.63) is 53.1 Å². The van der Waals surface area contributed by atoms with Crippen LogP contribution in [0.3, 0.4) is 0 Å². The molecule has 0 fully saturated rings. The molecular formula is C21H26N6O4S. The minimum absolute atomic E-state index is 0.272. The Hall–Kier alpha value is -3.31. The monoisotopic (exact) mass is 458 g/mol. The molecular weight excluding hydrogens is 432 g/mol. The second-order valence-corrected chi connectivity index (χ2v) is 9.60. The van der Waals surface area contributed by atoms with E-state index in [1.165, 1.54) is 7.05 Å². The average Bonchev–Trinajstić information content (AvgIpc) is 2.95. The normalized spacial score (nSPS) is 11.6. The van der Waals surface area contributed by atoms with Crippen LogP contribution in [0, 0.1) is 27.7 Å². The number of hydrogen-bond donors (Lipinski definition) is 1. The molecule has 2 heterocycles. The number of hydrogen-bond acceptors (Lipinski definition) is 7. The summed E-state index contributed by atoms with van der Waals surface area (Å²) >= 11 is 0. The Balaban J connectivity index is 1.72. The fourth-order valence-electron chi connectivity index (χ4n) is 2.88. The highest BCUT2D eigenvalue weighted by Crippen LogP contribution is 2.24. The van der Waals surface area contributed by atoms with Gasteiger partial charge in [-0.2, -0.15) is 14.4 Å². The summed E-state index contributed by atoms with van der Waals surface area (Å²) in [6.07, 6.45) is 1.04. The molecule has 0 unspecified atom stereocenters. The van der Waals surface area contributed by atoms with E-state index >= 15 is 0 Å². The lowest BCUT2D eigenvalue weighted by Gasteiger charge is -2.14. The molecule has 3 aromatic rings. The summed E-state index contributed by atoms with van der Waals surface area (Å²) in [6.45, 7) is 7.45. The number of carbonyl (C=O) groups excluding carboxylic acids is 1. The largest absolute Gasteiger partial charge is 0.439 e. The molecule has 0 saturated heterocycles. The lowest BCUT2D eigenvalue weighted by atomic mass is 10.2. The van der Waals surface area contributed by atoms with Crippen molar-refractivity contribution >= 4 is 21.6 Å². The maximum atomic E-state index is 12.0. The molecule has 2 aromatic heterocycles. The van der Waals surface area contributed by atoms with E-state index in [1.807, 2.05) is 20.8 Å². The van der Waals surface area contributed by atoms with Gasteiger partial charge < -0.3 is 10.1 Å². The maximum Gasteiger partial charge on any atom is 0.239 e. The zero-order valence-corrected chi connectivity index (χ0v) is 19.7. The van der Waals surface area contributed by atoms with Crippen LogP contribution in [0.15, 0.2) is 30.3 Å².